The van der Waals surface area contributed by atoms with E-state index < -0.39 is 17.9 Å². The third-order valence-electron chi connectivity index (χ3n) is 2.72. The van der Waals surface area contributed by atoms with Gasteiger partial charge in [-0.2, -0.15) is 0 Å². The van der Waals surface area contributed by atoms with E-state index in [1.807, 2.05) is 0 Å². The minimum atomic E-state index is -0.819. The average molecular weight is 270 g/mol. The molecule has 1 aromatic rings. The van der Waals surface area contributed by atoms with Crippen LogP contribution in [0.1, 0.15) is 22.9 Å². The Hall–Kier alpha value is -1.83. The predicted octanol–water partition coefficient (Wildman–Crippen LogP) is 0.338. The van der Waals surface area contributed by atoms with E-state index in [1.54, 1.807) is 0 Å². The van der Waals surface area contributed by atoms with Crippen molar-refractivity contribution < 1.29 is 14.7 Å². The van der Waals surface area contributed by atoms with E-state index in [0.29, 0.717) is 30.3 Å². The summed E-state index contributed by atoms with van der Waals surface area (Å²) in [6, 6.07) is -0.565. The van der Waals surface area contributed by atoms with Crippen LogP contribution in [0.5, 0.6) is 0 Å². The van der Waals surface area contributed by atoms with Crippen LogP contribution in [0.3, 0.4) is 0 Å². The van der Waals surface area contributed by atoms with Gasteiger partial charge in [-0.25, -0.2) is 9.78 Å². The van der Waals surface area contributed by atoms with Gasteiger partial charge in [-0.3, -0.25) is 4.79 Å². The summed E-state index contributed by atoms with van der Waals surface area (Å²) < 4.78 is 0. The van der Waals surface area contributed by atoms with Gasteiger partial charge in [0, 0.05) is 18.0 Å². The lowest BCUT2D eigenvalue weighted by atomic mass is 10.1. The molecule has 7 nitrogen and oxygen atoms in total. The number of aryl methyl sites for hydroxylation is 1. The summed E-state index contributed by atoms with van der Waals surface area (Å²) in [6.07, 6.45) is 1.40. The number of carboxylic acid groups (broad SMARTS) is 1. The topological polar surface area (TPSA) is 117 Å². The molecule has 1 atom stereocenters. The highest BCUT2D eigenvalue weighted by Gasteiger charge is 2.32. The van der Waals surface area contributed by atoms with E-state index in [-0.39, 0.29) is 0 Å². The van der Waals surface area contributed by atoms with Crippen molar-refractivity contribution in [2.24, 2.45) is 5.73 Å². The van der Waals surface area contributed by atoms with Gasteiger partial charge in [-0.05, 0) is 12.8 Å². The minimum Gasteiger partial charge on any atom is -0.481 e. The molecule has 1 aromatic heterocycles. The van der Waals surface area contributed by atoms with E-state index in [2.05, 4.69) is 15.6 Å². The molecule has 18 heavy (non-hydrogen) atoms. The lowest BCUT2D eigenvalue weighted by Crippen LogP contribution is -2.33. The fraction of sp³-hybridized carbons (Fsp3) is 0.500. The standard InChI is InChI=1S/C10H14N4O3S/c11-9(17)12-3-4-13-10-14-7-5(8(15)16)1-2-6(7)18-10/h5H,1-4H2,(H,13,14)(H,15,16)(H3,11,12,17). The van der Waals surface area contributed by atoms with Crippen molar-refractivity contribution in [2.75, 3.05) is 18.4 Å². The third-order valence-corrected chi connectivity index (χ3v) is 3.80. The molecular formula is C10H14N4O3S. The number of thiazole rings is 1. The summed E-state index contributed by atoms with van der Waals surface area (Å²) in [6.45, 7) is 0.912. The third kappa shape index (κ3) is 2.70. The number of nitrogens with one attached hydrogen (secondary N) is 2. The molecule has 0 saturated carbocycles. The Balaban J connectivity index is 1.91. The Morgan fingerprint density at radius 1 is 1.50 bits per heavy atom. The average Bonchev–Trinajstić information content (AvgIpc) is 2.82. The van der Waals surface area contributed by atoms with Crippen molar-refractivity contribution >= 4 is 28.5 Å². The van der Waals surface area contributed by atoms with E-state index >= 15 is 0 Å². The number of carboxylic acids is 1. The van der Waals surface area contributed by atoms with Crippen LogP contribution >= 0.6 is 11.3 Å². The molecule has 0 aromatic carbocycles. The van der Waals surface area contributed by atoms with Crippen LogP contribution in [0.4, 0.5) is 9.93 Å². The number of aromatic nitrogens is 1. The molecule has 2 amide bonds. The van der Waals surface area contributed by atoms with Crippen molar-refractivity contribution in [2.45, 2.75) is 18.8 Å². The van der Waals surface area contributed by atoms with Gasteiger partial charge in [0.1, 0.15) is 5.92 Å². The van der Waals surface area contributed by atoms with E-state index in [4.69, 9.17) is 10.8 Å². The summed E-state index contributed by atoms with van der Waals surface area (Å²) in [5.74, 6) is -1.29. The monoisotopic (exact) mass is 270 g/mol. The lowest BCUT2D eigenvalue weighted by molar-refractivity contribution is -0.138. The summed E-state index contributed by atoms with van der Waals surface area (Å²) >= 11 is 1.47. The second kappa shape index (κ2) is 5.21. The number of carbonyl (C=O) groups is 2. The van der Waals surface area contributed by atoms with Crippen LogP contribution in [0.15, 0.2) is 0 Å². The molecule has 1 unspecified atom stereocenters. The van der Waals surface area contributed by atoms with Gasteiger partial charge in [0.05, 0.1) is 5.69 Å². The number of primary amides is 1. The first-order valence-electron chi connectivity index (χ1n) is 5.57. The fourth-order valence-electron chi connectivity index (χ4n) is 1.90. The molecule has 1 aliphatic rings. The van der Waals surface area contributed by atoms with Crippen molar-refractivity contribution in [1.82, 2.24) is 10.3 Å². The molecule has 98 valence electrons. The number of fused-ring (bicyclic) bond motifs is 1. The second-order valence-electron chi connectivity index (χ2n) is 3.97. The zero-order valence-electron chi connectivity index (χ0n) is 9.60. The quantitative estimate of drug-likeness (QED) is 0.575. The first-order valence-corrected chi connectivity index (χ1v) is 6.39. The van der Waals surface area contributed by atoms with Crippen molar-refractivity contribution in [3.05, 3.63) is 10.6 Å². The molecule has 0 spiro atoms. The maximum atomic E-state index is 11.0. The van der Waals surface area contributed by atoms with Crippen LogP contribution < -0.4 is 16.4 Å². The molecular weight excluding hydrogens is 256 g/mol. The number of amides is 2. The van der Waals surface area contributed by atoms with Gasteiger partial charge in [-0.1, -0.05) is 0 Å². The van der Waals surface area contributed by atoms with Crippen LogP contribution in [0.25, 0.3) is 0 Å². The fourth-order valence-corrected chi connectivity index (χ4v) is 2.96. The van der Waals surface area contributed by atoms with Gasteiger partial charge in [0.25, 0.3) is 0 Å². The Morgan fingerprint density at radius 3 is 2.94 bits per heavy atom. The number of hydrogen-bond donors (Lipinski definition) is 4. The number of carbonyl (C=O) groups excluding carboxylic acids is 1. The highest BCUT2D eigenvalue weighted by Crippen LogP contribution is 2.38. The molecule has 0 aliphatic heterocycles. The molecule has 2 rings (SSSR count). The summed E-state index contributed by atoms with van der Waals surface area (Å²) in [7, 11) is 0. The Kier molecular flexibility index (Phi) is 3.66. The maximum Gasteiger partial charge on any atom is 0.312 e. The highest BCUT2D eigenvalue weighted by molar-refractivity contribution is 7.15. The smallest absolute Gasteiger partial charge is 0.312 e. The lowest BCUT2D eigenvalue weighted by Gasteiger charge is -2.04. The normalized spacial score (nSPS) is 17.2. The van der Waals surface area contributed by atoms with Gasteiger partial charge < -0.3 is 21.5 Å². The number of nitrogens with two attached hydrogens (primary N) is 1. The predicted molar refractivity (Wildman–Crippen MR) is 66.9 cm³/mol. The van der Waals surface area contributed by atoms with Crippen LogP contribution in [0, 0.1) is 0 Å². The largest absolute Gasteiger partial charge is 0.481 e. The Morgan fingerprint density at radius 2 is 2.28 bits per heavy atom. The van der Waals surface area contributed by atoms with Crippen LogP contribution in [-0.2, 0) is 11.2 Å². The summed E-state index contributed by atoms with van der Waals surface area (Å²) in [5.41, 5.74) is 5.60. The number of hydrogen-bond acceptors (Lipinski definition) is 5. The molecule has 0 fully saturated rings. The molecule has 8 heteroatoms. The number of rotatable bonds is 5. The maximum absolute atomic E-state index is 11.0. The Bertz CT molecular complexity index is 474. The van der Waals surface area contributed by atoms with E-state index in [9.17, 15) is 9.59 Å². The first-order chi connectivity index (χ1) is 8.58. The zero-order chi connectivity index (χ0) is 13.1. The molecule has 0 radical (unpaired) electrons. The van der Waals surface area contributed by atoms with Crippen molar-refractivity contribution in [3.63, 3.8) is 0 Å². The molecule has 5 N–H and O–H groups in total. The number of anilines is 1. The number of urea groups is 1. The van der Waals surface area contributed by atoms with Crippen LogP contribution in [-0.4, -0.2) is 35.2 Å². The van der Waals surface area contributed by atoms with Crippen molar-refractivity contribution in [1.29, 1.82) is 0 Å². The SMILES string of the molecule is NC(=O)NCCNc1nc2c(s1)CCC2C(=O)O. The van der Waals surface area contributed by atoms with Gasteiger partial charge in [0.15, 0.2) is 5.13 Å². The van der Waals surface area contributed by atoms with Gasteiger partial charge in [0.2, 0.25) is 0 Å². The molecule has 0 bridgehead atoms. The van der Waals surface area contributed by atoms with Crippen LogP contribution in [0.2, 0.25) is 0 Å². The molecule has 1 heterocycles. The van der Waals surface area contributed by atoms with Gasteiger partial charge >= 0.3 is 12.0 Å². The minimum absolute atomic E-state index is 0.405. The van der Waals surface area contributed by atoms with Gasteiger partial charge in [-0.15, -0.1) is 11.3 Å². The van der Waals surface area contributed by atoms with Crippen molar-refractivity contribution in [3.8, 4) is 0 Å². The number of aliphatic carboxylic acids is 1. The zero-order valence-corrected chi connectivity index (χ0v) is 10.4. The Labute approximate surface area is 107 Å². The van der Waals surface area contributed by atoms with E-state index in [1.165, 1.54) is 11.3 Å². The number of nitrogens with zero attached hydrogens (tertiary/aromatic N) is 1. The van der Waals surface area contributed by atoms with E-state index in [0.717, 1.165) is 11.3 Å². The molecule has 1 aliphatic carbocycles. The summed E-state index contributed by atoms with van der Waals surface area (Å²) in [5, 5.41) is 15.2. The first kappa shape index (κ1) is 12.6. The summed E-state index contributed by atoms with van der Waals surface area (Å²) in [4.78, 5) is 26.8. The highest BCUT2D eigenvalue weighted by atomic mass is 32.1. The second-order valence-corrected chi connectivity index (χ2v) is 5.06. The molecule has 0 saturated heterocycles.